The Bertz CT molecular complexity index is 1100. The lowest BCUT2D eigenvalue weighted by Gasteiger charge is -2.30. The van der Waals surface area contributed by atoms with Crippen LogP contribution in [0.25, 0.3) is 0 Å². The van der Waals surface area contributed by atoms with Crippen LogP contribution in [0.4, 0.5) is 4.79 Å². The van der Waals surface area contributed by atoms with Crippen molar-refractivity contribution in [3.05, 3.63) is 12.2 Å². The Labute approximate surface area is 224 Å². The van der Waals surface area contributed by atoms with E-state index < -0.39 is 56.4 Å². The molecule has 0 spiro atoms. The summed E-state index contributed by atoms with van der Waals surface area (Å²) in [4.78, 5) is 54.3. The van der Waals surface area contributed by atoms with Crippen molar-refractivity contribution >= 4 is 33.8 Å². The monoisotopic (exact) mass is 552 g/mol. The first-order valence-corrected chi connectivity index (χ1v) is 15.2. The van der Waals surface area contributed by atoms with E-state index in [4.69, 9.17) is 4.74 Å². The molecule has 2 aliphatic carbocycles. The van der Waals surface area contributed by atoms with Crippen molar-refractivity contribution in [2.75, 3.05) is 6.54 Å². The number of fused-ring (bicyclic) bond motifs is 2. The fraction of sp³-hybridized carbons (Fsp3) is 0.769. The molecule has 4 unspecified atom stereocenters. The van der Waals surface area contributed by atoms with Crippen LogP contribution >= 0.6 is 0 Å². The van der Waals surface area contributed by atoms with Crippen LogP contribution in [0.2, 0.25) is 0 Å². The molecule has 3 N–H and O–H groups in total. The van der Waals surface area contributed by atoms with Gasteiger partial charge in [-0.1, -0.05) is 25.0 Å². The van der Waals surface area contributed by atoms with Crippen molar-refractivity contribution in [1.82, 2.24) is 20.3 Å². The highest BCUT2D eigenvalue weighted by atomic mass is 32.2. The second-order valence-electron chi connectivity index (χ2n) is 11.9. The fourth-order valence-electron chi connectivity index (χ4n) is 5.23. The van der Waals surface area contributed by atoms with E-state index in [-0.39, 0.29) is 11.8 Å². The highest BCUT2D eigenvalue weighted by Gasteiger charge is 2.61. The van der Waals surface area contributed by atoms with Gasteiger partial charge in [-0.3, -0.25) is 19.1 Å². The average molecular weight is 553 g/mol. The van der Waals surface area contributed by atoms with Gasteiger partial charge in [-0.05, 0) is 72.1 Å². The maximum atomic E-state index is 13.6. The number of nitrogens with zero attached hydrogens (tertiary/aromatic N) is 1. The molecule has 1 saturated heterocycles. The summed E-state index contributed by atoms with van der Waals surface area (Å²) in [6, 6.07) is -1.65. The predicted octanol–water partition coefficient (Wildman–Crippen LogP) is 1.87. The van der Waals surface area contributed by atoms with Crippen molar-refractivity contribution in [1.29, 1.82) is 0 Å². The first-order valence-electron chi connectivity index (χ1n) is 13.7. The molecule has 4 atom stereocenters. The van der Waals surface area contributed by atoms with Crippen LogP contribution in [0.1, 0.15) is 85.0 Å². The zero-order valence-corrected chi connectivity index (χ0v) is 23.3. The normalized spacial score (nSPS) is 31.6. The number of alkyl carbamates (subject to hydrolysis) is 1. The number of amides is 4. The van der Waals surface area contributed by atoms with Crippen LogP contribution in [0, 0.1) is 5.92 Å². The third-order valence-electron chi connectivity index (χ3n) is 7.52. The van der Waals surface area contributed by atoms with Gasteiger partial charge in [-0.25, -0.2) is 13.2 Å². The van der Waals surface area contributed by atoms with E-state index in [0.717, 1.165) is 19.3 Å². The van der Waals surface area contributed by atoms with Crippen molar-refractivity contribution in [2.45, 2.75) is 113 Å². The summed E-state index contributed by atoms with van der Waals surface area (Å²) in [5, 5.41) is 4.96. The molecule has 38 heavy (non-hydrogen) atoms. The van der Waals surface area contributed by atoms with E-state index in [1.807, 2.05) is 12.2 Å². The maximum Gasteiger partial charge on any atom is 0.408 e. The van der Waals surface area contributed by atoms with Crippen molar-refractivity contribution in [3.8, 4) is 0 Å². The van der Waals surface area contributed by atoms with Crippen LogP contribution in [-0.2, 0) is 29.1 Å². The van der Waals surface area contributed by atoms with Gasteiger partial charge in [0.25, 0.3) is 5.91 Å². The van der Waals surface area contributed by atoms with Crippen LogP contribution in [0.15, 0.2) is 12.2 Å². The van der Waals surface area contributed by atoms with Crippen LogP contribution in [0.3, 0.4) is 0 Å². The first-order chi connectivity index (χ1) is 17.8. The standard InChI is InChI=1S/C26H40N4O7S/c1-25(2,3)37-24(34)27-19-11-8-6-4-5-7-10-17-16-26(17,23(33)29-38(35,36)18-13-14-18)28-21(31)20-12-9-15-30(20)22(19)32/h7,10,17-20H,4-6,8-9,11-16H2,1-3H3,(H,27,34)(H,28,31)(H,29,33)/b10-7-. The summed E-state index contributed by atoms with van der Waals surface area (Å²) in [5.74, 6) is -1.89. The smallest absolute Gasteiger partial charge is 0.408 e. The maximum absolute atomic E-state index is 13.6. The molecule has 11 nitrogen and oxygen atoms in total. The summed E-state index contributed by atoms with van der Waals surface area (Å²) in [7, 11) is -3.78. The lowest BCUT2D eigenvalue weighted by atomic mass is 10.0. The second-order valence-corrected chi connectivity index (χ2v) is 13.9. The number of ether oxygens (including phenoxy) is 1. The summed E-state index contributed by atoms with van der Waals surface area (Å²) >= 11 is 0. The van der Waals surface area contributed by atoms with E-state index in [9.17, 15) is 27.6 Å². The number of rotatable bonds is 4. The molecule has 4 aliphatic rings. The lowest BCUT2D eigenvalue weighted by molar-refractivity contribution is -0.141. The Kier molecular flexibility index (Phi) is 8.11. The molecular formula is C26H40N4O7S. The highest BCUT2D eigenvalue weighted by molar-refractivity contribution is 7.91. The number of allylic oxidation sites excluding steroid dienone is 1. The van der Waals surface area contributed by atoms with Gasteiger partial charge >= 0.3 is 6.09 Å². The molecule has 2 saturated carbocycles. The topological polar surface area (TPSA) is 151 Å². The quantitative estimate of drug-likeness (QED) is 0.451. The van der Waals surface area contributed by atoms with E-state index >= 15 is 0 Å². The number of carbonyl (C=O) groups is 4. The Morgan fingerprint density at radius 1 is 1.08 bits per heavy atom. The van der Waals surface area contributed by atoms with Gasteiger partial charge < -0.3 is 20.3 Å². The van der Waals surface area contributed by atoms with Crippen molar-refractivity contribution in [3.63, 3.8) is 0 Å². The van der Waals surface area contributed by atoms with Gasteiger partial charge in [0.2, 0.25) is 21.8 Å². The molecule has 0 aromatic heterocycles. The highest BCUT2D eigenvalue weighted by Crippen LogP contribution is 2.46. The number of hydrogen-bond acceptors (Lipinski definition) is 7. The minimum Gasteiger partial charge on any atom is -0.444 e. The zero-order valence-electron chi connectivity index (χ0n) is 22.5. The zero-order chi connectivity index (χ0) is 27.7. The van der Waals surface area contributed by atoms with E-state index in [1.54, 1.807) is 20.8 Å². The predicted molar refractivity (Wildman–Crippen MR) is 139 cm³/mol. The number of sulfonamides is 1. The molecule has 0 bridgehead atoms. The Morgan fingerprint density at radius 3 is 2.50 bits per heavy atom. The number of hydrogen-bond donors (Lipinski definition) is 3. The molecular weight excluding hydrogens is 512 g/mol. The molecule has 2 heterocycles. The molecule has 0 aromatic carbocycles. The third-order valence-corrected chi connectivity index (χ3v) is 9.34. The van der Waals surface area contributed by atoms with Gasteiger partial charge in [-0.15, -0.1) is 0 Å². The van der Waals surface area contributed by atoms with Crippen LogP contribution in [0.5, 0.6) is 0 Å². The minimum atomic E-state index is -3.78. The summed E-state index contributed by atoms with van der Waals surface area (Å²) in [5.41, 5.74) is -2.08. The Morgan fingerprint density at radius 2 is 1.82 bits per heavy atom. The van der Waals surface area contributed by atoms with Gasteiger partial charge in [0.05, 0.1) is 5.25 Å². The largest absolute Gasteiger partial charge is 0.444 e. The summed E-state index contributed by atoms with van der Waals surface area (Å²) in [6.07, 6.45) is 9.05. The van der Waals surface area contributed by atoms with E-state index in [2.05, 4.69) is 15.4 Å². The van der Waals surface area contributed by atoms with Crippen LogP contribution in [-0.4, -0.2) is 72.2 Å². The van der Waals surface area contributed by atoms with E-state index in [0.29, 0.717) is 51.5 Å². The molecule has 12 heteroatoms. The van der Waals surface area contributed by atoms with Crippen LogP contribution < -0.4 is 15.4 Å². The molecule has 3 fully saturated rings. The molecule has 4 rings (SSSR count). The van der Waals surface area contributed by atoms with Crippen molar-refractivity contribution < 1.29 is 32.3 Å². The second kappa shape index (κ2) is 10.9. The molecule has 2 aliphatic heterocycles. The average Bonchev–Trinajstić information content (AvgIpc) is 3.72. The third kappa shape index (κ3) is 6.68. The molecule has 212 valence electrons. The molecule has 4 amide bonds. The Hall–Kier alpha value is -2.63. The van der Waals surface area contributed by atoms with Gasteiger partial charge in [0.15, 0.2) is 0 Å². The summed E-state index contributed by atoms with van der Waals surface area (Å²) < 4.78 is 32.5. The van der Waals surface area contributed by atoms with Gasteiger partial charge in [-0.2, -0.15) is 0 Å². The Balaban J connectivity index is 1.54. The number of carbonyl (C=O) groups excluding carboxylic acids is 4. The van der Waals surface area contributed by atoms with Gasteiger partial charge in [0.1, 0.15) is 23.2 Å². The summed E-state index contributed by atoms with van der Waals surface area (Å²) in [6.45, 7) is 5.58. The lowest BCUT2D eigenvalue weighted by Crippen LogP contribution is -2.58. The SMILES string of the molecule is CC(C)(C)OC(=O)NC1CCCCC/C=C\C2CC2(C(=O)NS(=O)(=O)C2CC2)NC(=O)C2CCCN2C1=O. The fourth-order valence-corrected chi connectivity index (χ4v) is 6.59. The van der Waals surface area contributed by atoms with Crippen molar-refractivity contribution in [2.24, 2.45) is 5.92 Å². The van der Waals surface area contributed by atoms with Gasteiger partial charge in [0, 0.05) is 12.5 Å². The van der Waals surface area contributed by atoms with E-state index in [1.165, 1.54) is 4.90 Å². The first kappa shape index (κ1) is 28.4. The number of nitrogens with one attached hydrogen (secondary N) is 3. The molecule has 0 radical (unpaired) electrons. The molecule has 0 aromatic rings. The minimum absolute atomic E-state index is 0.296.